The first-order chi connectivity index (χ1) is 8.90. The number of nitrogens with two attached hydrogens (primary N) is 2. The predicted molar refractivity (Wildman–Crippen MR) is 68.9 cm³/mol. The molecule has 2 rings (SSSR count). The van der Waals surface area contributed by atoms with Crippen LogP contribution in [0.5, 0.6) is 0 Å². The van der Waals surface area contributed by atoms with Crippen molar-refractivity contribution in [3.63, 3.8) is 0 Å². The molecule has 1 heterocycles. The smallest absolute Gasteiger partial charge is 0.257 e. The average Bonchev–Trinajstić information content (AvgIpc) is 2.33. The summed E-state index contributed by atoms with van der Waals surface area (Å²) >= 11 is 0. The second kappa shape index (κ2) is 4.60. The molecule has 3 amide bonds. The van der Waals surface area contributed by atoms with Crippen LogP contribution >= 0.6 is 0 Å². The first kappa shape index (κ1) is 12.9. The zero-order valence-electron chi connectivity index (χ0n) is 10.3. The molecular formula is C12H14N4O3. The van der Waals surface area contributed by atoms with Gasteiger partial charge in [0.05, 0.1) is 5.56 Å². The summed E-state index contributed by atoms with van der Waals surface area (Å²) in [6.45, 7) is 1.38. The lowest BCUT2D eigenvalue weighted by Crippen LogP contribution is -2.58. The lowest BCUT2D eigenvalue weighted by atomic mass is 10.1. The number of nitrogens with zero attached hydrogens (tertiary/aromatic N) is 1. The van der Waals surface area contributed by atoms with Crippen molar-refractivity contribution in [3.8, 4) is 0 Å². The molecule has 1 aliphatic rings. The van der Waals surface area contributed by atoms with Gasteiger partial charge in [0.15, 0.2) is 0 Å². The summed E-state index contributed by atoms with van der Waals surface area (Å²) < 4.78 is 0. The van der Waals surface area contributed by atoms with E-state index in [9.17, 15) is 14.4 Å². The Morgan fingerprint density at radius 1 is 1.37 bits per heavy atom. The fraction of sp³-hybridized carbons (Fsp3) is 0.250. The minimum Gasteiger partial charge on any atom is -0.399 e. The van der Waals surface area contributed by atoms with E-state index in [0.29, 0.717) is 5.69 Å². The molecule has 1 unspecified atom stereocenters. The normalized spacial score (nSPS) is 19.2. The zero-order chi connectivity index (χ0) is 14.2. The summed E-state index contributed by atoms with van der Waals surface area (Å²) in [5.41, 5.74) is 12.2. The molecule has 0 radical (unpaired) electrons. The molecule has 1 aromatic carbocycles. The maximum atomic E-state index is 12.3. The van der Waals surface area contributed by atoms with Gasteiger partial charge in [-0.2, -0.15) is 0 Å². The minimum absolute atomic E-state index is 0.171. The highest BCUT2D eigenvalue weighted by Gasteiger charge is 2.34. The standard InChI is InChI=1S/C12H14N4O3/c1-6-11(18)15-10(17)5-16(6)12(19)8-3-2-7(13)4-9(8)14/h2-4,6H,5,13-14H2,1H3,(H,15,17,18). The number of amides is 3. The van der Waals surface area contributed by atoms with Crippen LogP contribution in [-0.2, 0) is 9.59 Å². The van der Waals surface area contributed by atoms with Crippen LogP contribution in [0.15, 0.2) is 18.2 Å². The van der Waals surface area contributed by atoms with Gasteiger partial charge in [-0.1, -0.05) is 0 Å². The van der Waals surface area contributed by atoms with Gasteiger partial charge in [-0.25, -0.2) is 0 Å². The Morgan fingerprint density at radius 2 is 2.05 bits per heavy atom. The summed E-state index contributed by atoms with van der Waals surface area (Å²) in [6, 6.07) is 3.77. The molecule has 5 N–H and O–H groups in total. The second-order valence-electron chi connectivity index (χ2n) is 4.37. The van der Waals surface area contributed by atoms with Crippen LogP contribution in [-0.4, -0.2) is 35.2 Å². The highest BCUT2D eigenvalue weighted by atomic mass is 16.2. The van der Waals surface area contributed by atoms with Gasteiger partial charge >= 0.3 is 0 Å². The number of carbonyl (C=O) groups excluding carboxylic acids is 3. The van der Waals surface area contributed by atoms with E-state index < -0.39 is 23.8 Å². The number of anilines is 2. The largest absolute Gasteiger partial charge is 0.399 e. The number of hydrogen-bond donors (Lipinski definition) is 3. The van der Waals surface area contributed by atoms with Crippen molar-refractivity contribution in [1.82, 2.24) is 10.2 Å². The third-order valence-corrected chi connectivity index (χ3v) is 2.99. The second-order valence-corrected chi connectivity index (χ2v) is 4.37. The van der Waals surface area contributed by atoms with Gasteiger partial charge in [0.2, 0.25) is 11.8 Å². The summed E-state index contributed by atoms with van der Waals surface area (Å²) in [5.74, 6) is -1.47. The van der Waals surface area contributed by atoms with Crippen LogP contribution in [0.3, 0.4) is 0 Å². The van der Waals surface area contributed by atoms with Crippen LogP contribution in [0.4, 0.5) is 11.4 Å². The van der Waals surface area contributed by atoms with Crippen LogP contribution in [0, 0.1) is 0 Å². The van der Waals surface area contributed by atoms with E-state index >= 15 is 0 Å². The van der Waals surface area contributed by atoms with E-state index in [1.165, 1.54) is 17.0 Å². The molecule has 0 bridgehead atoms. The molecule has 0 aliphatic carbocycles. The molecular weight excluding hydrogens is 248 g/mol. The van der Waals surface area contributed by atoms with E-state index in [-0.39, 0.29) is 17.8 Å². The lowest BCUT2D eigenvalue weighted by molar-refractivity contribution is -0.138. The van der Waals surface area contributed by atoms with Crippen molar-refractivity contribution in [2.75, 3.05) is 18.0 Å². The molecule has 7 heteroatoms. The number of nitrogens with one attached hydrogen (secondary N) is 1. The SMILES string of the molecule is CC1C(=O)NC(=O)CN1C(=O)c1ccc(N)cc1N. The monoisotopic (exact) mass is 262 g/mol. The maximum Gasteiger partial charge on any atom is 0.257 e. The van der Waals surface area contributed by atoms with Gasteiger partial charge in [0, 0.05) is 11.4 Å². The third kappa shape index (κ3) is 2.35. The quantitative estimate of drug-likeness (QED) is 0.458. The highest BCUT2D eigenvalue weighted by molar-refractivity contribution is 6.08. The number of imide groups is 1. The van der Waals surface area contributed by atoms with Crippen molar-refractivity contribution >= 4 is 29.1 Å². The number of hydrogen-bond acceptors (Lipinski definition) is 5. The molecule has 1 fully saturated rings. The van der Waals surface area contributed by atoms with Crippen molar-refractivity contribution in [1.29, 1.82) is 0 Å². The topological polar surface area (TPSA) is 119 Å². The Bertz CT molecular complexity index is 570. The molecule has 1 atom stereocenters. The number of carbonyl (C=O) groups is 3. The van der Waals surface area contributed by atoms with Gasteiger partial charge in [0.25, 0.3) is 5.91 Å². The van der Waals surface area contributed by atoms with Crippen molar-refractivity contribution in [2.45, 2.75) is 13.0 Å². The van der Waals surface area contributed by atoms with Crippen LogP contribution in [0.1, 0.15) is 17.3 Å². The van der Waals surface area contributed by atoms with Crippen LogP contribution in [0.25, 0.3) is 0 Å². The van der Waals surface area contributed by atoms with E-state index in [1.807, 2.05) is 0 Å². The first-order valence-corrected chi connectivity index (χ1v) is 5.70. The Labute approximate surface area is 109 Å². The number of piperazine rings is 1. The van der Waals surface area contributed by atoms with Gasteiger partial charge in [-0.3, -0.25) is 19.7 Å². The predicted octanol–water partition coefficient (Wildman–Crippen LogP) is -0.662. The fourth-order valence-corrected chi connectivity index (χ4v) is 1.89. The Morgan fingerprint density at radius 3 is 2.68 bits per heavy atom. The van der Waals surface area contributed by atoms with Crippen molar-refractivity contribution in [3.05, 3.63) is 23.8 Å². The maximum absolute atomic E-state index is 12.3. The molecule has 0 spiro atoms. The molecule has 100 valence electrons. The van der Waals surface area contributed by atoms with Crippen molar-refractivity contribution in [2.24, 2.45) is 0 Å². The molecule has 0 aromatic heterocycles. The summed E-state index contributed by atoms with van der Waals surface area (Å²) in [7, 11) is 0. The molecule has 19 heavy (non-hydrogen) atoms. The van der Waals surface area contributed by atoms with Crippen molar-refractivity contribution < 1.29 is 14.4 Å². The van der Waals surface area contributed by atoms with Gasteiger partial charge in [0.1, 0.15) is 12.6 Å². The molecule has 1 saturated heterocycles. The lowest BCUT2D eigenvalue weighted by Gasteiger charge is -2.31. The zero-order valence-corrected chi connectivity index (χ0v) is 10.3. The number of rotatable bonds is 1. The van der Waals surface area contributed by atoms with E-state index in [0.717, 1.165) is 0 Å². The van der Waals surface area contributed by atoms with Crippen LogP contribution in [0.2, 0.25) is 0 Å². The average molecular weight is 262 g/mol. The van der Waals surface area contributed by atoms with E-state index in [1.54, 1.807) is 13.0 Å². The Hall–Kier alpha value is -2.57. The fourth-order valence-electron chi connectivity index (χ4n) is 1.89. The molecule has 7 nitrogen and oxygen atoms in total. The minimum atomic E-state index is -0.720. The Kier molecular flexibility index (Phi) is 3.12. The third-order valence-electron chi connectivity index (χ3n) is 2.99. The molecule has 1 aromatic rings. The summed E-state index contributed by atoms with van der Waals surface area (Å²) in [5, 5.41) is 2.17. The summed E-state index contributed by atoms with van der Waals surface area (Å²) in [6.07, 6.45) is 0. The van der Waals surface area contributed by atoms with Gasteiger partial charge in [-0.05, 0) is 25.1 Å². The van der Waals surface area contributed by atoms with Gasteiger partial charge in [-0.15, -0.1) is 0 Å². The number of nitrogen functional groups attached to an aromatic ring is 2. The highest BCUT2D eigenvalue weighted by Crippen LogP contribution is 2.19. The van der Waals surface area contributed by atoms with E-state index in [4.69, 9.17) is 11.5 Å². The van der Waals surface area contributed by atoms with Crippen LogP contribution < -0.4 is 16.8 Å². The molecule has 1 aliphatic heterocycles. The Balaban J connectivity index is 2.32. The molecule has 0 saturated carbocycles. The van der Waals surface area contributed by atoms with E-state index in [2.05, 4.69) is 5.32 Å². The number of benzene rings is 1. The first-order valence-electron chi connectivity index (χ1n) is 5.70. The summed E-state index contributed by atoms with van der Waals surface area (Å²) in [4.78, 5) is 36.3. The van der Waals surface area contributed by atoms with Gasteiger partial charge < -0.3 is 16.4 Å².